The Morgan fingerprint density at radius 1 is 1.53 bits per heavy atom. The largest absolute Gasteiger partial charge is 0.364 e. The molecule has 19 heavy (non-hydrogen) atoms. The fourth-order valence-corrected chi connectivity index (χ4v) is 3.14. The highest BCUT2D eigenvalue weighted by Gasteiger charge is 2.23. The van der Waals surface area contributed by atoms with Crippen LogP contribution >= 0.6 is 23.1 Å². The summed E-state index contributed by atoms with van der Waals surface area (Å²) in [5.74, 6) is 0.279. The molecule has 0 radical (unpaired) electrons. The highest BCUT2D eigenvalue weighted by Crippen LogP contribution is 2.38. The second-order valence-corrected chi connectivity index (χ2v) is 5.83. The predicted molar refractivity (Wildman–Crippen MR) is 75.9 cm³/mol. The second kappa shape index (κ2) is 6.48. The van der Waals surface area contributed by atoms with Crippen molar-refractivity contribution in [2.24, 2.45) is 0 Å². The van der Waals surface area contributed by atoms with Crippen LogP contribution in [0.3, 0.4) is 0 Å². The minimum absolute atomic E-state index is 0.0608. The maximum atomic E-state index is 11.2. The zero-order valence-corrected chi connectivity index (χ0v) is 11.8. The first-order valence-corrected chi connectivity index (χ1v) is 7.36. The number of aromatic nitrogens is 2. The van der Waals surface area contributed by atoms with Crippen LogP contribution in [0.2, 0.25) is 0 Å². The average Bonchev–Trinajstić information content (AvgIpc) is 2.89. The van der Waals surface area contributed by atoms with Gasteiger partial charge in [0, 0.05) is 6.54 Å². The normalized spacial score (nSPS) is 10.4. The molecule has 6 nitrogen and oxygen atoms in total. The second-order valence-electron chi connectivity index (χ2n) is 3.59. The summed E-state index contributed by atoms with van der Waals surface area (Å²) >= 11 is 2.80. The van der Waals surface area contributed by atoms with Crippen LogP contribution < -0.4 is 5.32 Å². The lowest BCUT2D eigenvalue weighted by atomic mass is 10.4. The smallest absolute Gasteiger partial charge is 0.343 e. The molecule has 2 heterocycles. The fourth-order valence-electron chi connectivity index (χ4n) is 1.39. The Hall–Kier alpha value is -1.67. The van der Waals surface area contributed by atoms with E-state index in [1.807, 2.05) is 24.4 Å². The highest BCUT2D eigenvalue weighted by molar-refractivity contribution is 8.01. The van der Waals surface area contributed by atoms with Crippen LogP contribution in [0.25, 0.3) is 0 Å². The Kier molecular flexibility index (Phi) is 4.69. The maximum Gasteiger partial charge on any atom is 0.343 e. The molecule has 0 atom stereocenters. The number of hydrogen-bond donors (Lipinski definition) is 1. The van der Waals surface area contributed by atoms with Gasteiger partial charge in [-0.05, 0) is 17.9 Å². The van der Waals surface area contributed by atoms with Gasteiger partial charge >= 0.3 is 5.69 Å². The number of hydrogen-bond acceptors (Lipinski definition) is 7. The minimum Gasteiger partial charge on any atom is -0.364 e. The van der Waals surface area contributed by atoms with Crippen molar-refractivity contribution in [2.45, 2.75) is 22.6 Å². The first-order valence-electron chi connectivity index (χ1n) is 5.67. The molecule has 0 aliphatic carbocycles. The molecule has 0 bridgehead atoms. The first kappa shape index (κ1) is 13.8. The third kappa shape index (κ3) is 3.42. The molecule has 0 saturated heterocycles. The zero-order valence-electron chi connectivity index (χ0n) is 10.2. The van der Waals surface area contributed by atoms with Gasteiger partial charge < -0.3 is 5.32 Å². The van der Waals surface area contributed by atoms with Gasteiger partial charge in [0.05, 0.1) is 9.13 Å². The third-order valence-electron chi connectivity index (χ3n) is 2.21. The first-order chi connectivity index (χ1) is 9.22. The molecular formula is C11H12N4O2S2. The lowest BCUT2D eigenvalue weighted by Crippen LogP contribution is -2.07. The molecule has 2 aromatic heterocycles. The lowest BCUT2D eigenvalue weighted by Gasteiger charge is -2.06. The standard InChI is InChI=1S/C11H12N4O2S2/c1-2-5-12-10-9(15(16)17)11(14-7-13-10)19-8-4-3-6-18-8/h3-4,6-7H,2,5H2,1H3,(H,12,13,14). The van der Waals surface area contributed by atoms with E-state index in [0.29, 0.717) is 11.6 Å². The summed E-state index contributed by atoms with van der Waals surface area (Å²) in [7, 11) is 0. The Bertz CT molecular complexity index is 560. The molecule has 100 valence electrons. The van der Waals surface area contributed by atoms with Gasteiger partial charge in [0.2, 0.25) is 5.82 Å². The zero-order chi connectivity index (χ0) is 13.7. The number of nitro groups is 1. The van der Waals surface area contributed by atoms with Crippen molar-refractivity contribution >= 4 is 34.6 Å². The summed E-state index contributed by atoms with van der Waals surface area (Å²) in [5, 5.41) is 16.5. The molecule has 8 heteroatoms. The van der Waals surface area contributed by atoms with Gasteiger partial charge in [-0.15, -0.1) is 11.3 Å². The Labute approximate surface area is 118 Å². The topological polar surface area (TPSA) is 81.0 Å². The Morgan fingerprint density at radius 2 is 2.37 bits per heavy atom. The van der Waals surface area contributed by atoms with E-state index in [9.17, 15) is 10.1 Å². The summed E-state index contributed by atoms with van der Waals surface area (Å²) in [6.07, 6.45) is 2.22. The molecule has 0 aliphatic heterocycles. The SMILES string of the molecule is CCCNc1ncnc(Sc2cccs2)c1[N+](=O)[O-]. The molecule has 0 aliphatic rings. The van der Waals surface area contributed by atoms with Crippen LogP contribution in [0.15, 0.2) is 33.1 Å². The summed E-state index contributed by atoms with van der Waals surface area (Å²) in [4.78, 5) is 18.7. The molecule has 2 aromatic rings. The number of rotatable bonds is 6. The molecule has 0 unspecified atom stereocenters. The Balaban J connectivity index is 2.33. The average molecular weight is 296 g/mol. The van der Waals surface area contributed by atoms with Crippen molar-refractivity contribution in [1.82, 2.24) is 9.97 Å². The summed E-state index contributed by atoms with van der Waals surface area (Å²) in [6.45, 7) is 2.63. The third-order valence-corrected chi connectivity index (χ3v) is 4.24. The van der Waals surface area contributed by atoms with Crippen LogP contribution in [0, 0.1) is 10.1 Å². The minimum atomic E-state index is -0.437. The molecule has 0 saturated carbocycles. The number of nitrogens with one attached hydrogen (secondary N) is 1. The molecule has 1 N–H and O–H groups in total. The quantitative estimate of drug-likeness (QED) is 0.500. The summed E-state index contributed by atoms with van der Waals surface area (Å²) < 4.78 is 0.961. The molecule has 0 fully saturated rings. The van der Waals surface area contributed by atoms with Crippen LogP contribution in [0.4, 0.5) is 11.5 Å². The van der Waals surface area contributed by atoms with Crippen LogP contribution in [0.5, 0.6) is 0 Å². The van der Waals surface area contributed by atoms with E-state index in [2.05, 4.69) is 15.3 Å². The van der Waals surface area contributed by atoms with Gasteiger partial charge in [0.25, 0.3) is 0 Å². The van der Waals surface area contributed by atoms with Crippen molar-refractivity contribution in [3.05, 3.63) is 34.0 Å². The lowest BCUT2D eigenvalue weighted by molar-refractivity contribution is -0.387. The monoisotopic (exact) mass is 296 g/mol. The van der Waals surface area contributed by atoms with Gasteiger partial charge in [0.1, 0.15) is 6.33 Å². The van der Waals surface area contributed by atoms with E-state index in [0.717, 1.165) is 10.6 Å². The highest BCUT2D eigenvalue weighted by atomic mass is 32.2. The van der Waals surface area contributed by atoms with Crippen molar-refractivity contribution in [3.63, 3.8) is 0 Å². The fraction of sp³-hybridized carbons (Fsp3) is 0.273. The Morgan fingerprint density at radius 3 is 3.00 bits per heavy atom. The molecule has 0 spiro atoms. The number of anilines is 1. The molecule has 2 rings (SSSR count). The van der Waals surface area contributed by atoms with Crippen molar-refractivity contribution < 1.29 is 4.92 Å². The van der Waals surface area contributed by atoms with Gasteiger partial charge in [-0.1, -0.05) is 24.8 Å². The molecule has 0 aromatic carbocycles. The van der Waals surface area contributed by atoms with E-state index in [4.69, 9.17) is 0 Å². The summed E-state index contributed by atoms with van der Waals surface area (Å²) in [6, 6.07) is 3.80. The van der Waals surface area contributed by atoms with E-state index in [-0.39, 0.29) is 11.5 Å². The van der Waals surface area contributed by atoms with E-state index >= 15 is 0 Å². The van der Waals surface area contributed by atoms with Gasteiger partial charge in [-0.25, -0.2) is 9.97 Å². The number of nitrogens with zero attached hydrogens (tertiary/aromatic N) is 3. The predicted octanol–water partition coefficient (Wildman–Crippen LogP) is 3.42. The molecule has 0 amide bonds. The van der Waals surface area contributed by atoms with Crippen molar-refractivity contribution in [1.29, 1.82) is 0 Å². The van der Waals surface area contributed by atoms with Crippen LogP contribution in [-0.4, -0.2) is 21.4 Å². The maximum absolute atomic E-state index is 11.2. The van der Waals surface area contributed by atoms with Gasteiger partial charge in [-0.3, -0.25) is 10.1 Å². The van der Waals surface area contributed by atoms with Gasteiger partial charge in [-0.2, -0.15) is 0 Å². The molecular weight excluding hydrogens is 284 g/mol. The van der Waals surface area contributed by atoms with E-state index in [1.165, 1.54) is 29.4 Å². The van der Waals surface area contributed by atoms with Crippen LogP contribution in [0.1, 0.15) is 13.3 Å². The van der Waals surface area contributed by atoms with E-state index < -0.39 is 4.92 Å². The van der Waals surface area contributed by atoms with E-state index in [1.54, 1.807) is 0 Å². The van der Waals surface area contributed by atoms with Gasteiger partial charge in [0.15, 0.2) is 5.03 Å². The van der Waals surface area contributed by atoms with Crippen LogP contribution in [-0.2, 0) is 0 Å². The van der Waals surface area contributed by atoms with Crippen molar-refractivity contribution in [3.8, 4) is 0 Å². The van der Waals surface area contributed by atoms with Crippen molar-refractivity contribution in [2.75, 3.05) is 11.9 Å². The summed E-state index contributed by atoms with van der Waals surface area (Å²) in [5.41, 5.74) is -0.0608. The number of thiophene rings is 1.